The van der Waals surface area contributed by atoms with Gasteiger partial charge in [-0.15, -0.1) is 0 Å². The van der Waals surface area contributed by atoms with Crippen LogP contribution in [-0.2, 0) is 5.41 Å². The second kappa shape index (κ2) is 6.77. The molecule has 2 aromatic heterocycles. The summed E-state index contributed by atoms with van der Waals surface area (Å²) in [6, 6.07) is 10.9. The number of anilines is 1. The molecule has 2 saturated carbocycles. The Kier molecular flexibility index (Phi) is 4.23. The predicted molar refractivity (Wildman–Crippen MR) is 126 cm³/mol. The summed E-state index contributed by atoms with van der Waals surface area (Å²) in [5.41, 5.74) is 1.41. The standard InChI is InChI=1S/C26H30N6O/c1-17-11-31(12-20(17)24(2,3)33)22-9-23(29-16-28-22)32-21-8-19(5-4-18(21)10-30-32)26(15-27)13-25(14-26)6-7-25/h4-5,8-10,16-17,20,33H,6-7,11-14H2,1-3H3/t17-,20+/m1/s1. The van der Waals surface area contributed by atoms with Crippen molar-refractivity contribution in [2.24, 2.45) is 17.3 Å². The van der Waals surface area contributed by atoms with Gasteiger partial charge in [0.1, 0.15) is 12.1 Å². The number of aliphatic hydroxyl groups is 1. The second-order valence-corrected chi connectivity index (χ2v) is 11.3. The van der Waals surface area contributed by atoms with E-state index in [0.29, 0.717) is 17.2 Å². The van der Waals surface area contributed by atoms with Crippen LogP contribution in [-0.4, -0.2) is 43.5 Å². The maximum atomic E-state index is 10.6. The Labute approximate surface area is 194 Å². The van der Waals surface area contributed by atoms with Gasteiger partial charge in [-0.3, -0.25) is 0 Å². The van der Waals surface area contributed by atoms with Crippen LogP contribution in [0.15, 0.2) is 36.8 Å². The average molecular weight is 443 g/mol. The van der Waals surface area contributed by atoms with Gasteiger partial charge in [-0.1, -0.05) is 19.1 Å². The molecule has 7 heteroatoms. The third-order valence-corrected chi connectivity index (χ3v) is 8.35. The Morgan fingerprint density at radius 3 is 2.55 bits per heavy atom. The summed E-state index contributed by atoms with van der Waals surface area (Å²) in [4.78, 5) is 11.3. The summed E-state index contributed by atoms with van der Waals surface area (Å²) in [5, 5.41) is 26.2. The van der Waals surface area contributed by atoms with E-state index in [0.717, 1.165) is 48.2 Å². The lowest BCUT2D eigenvalue weighted by Gasteiger charge is -2.44. The molecule has 3 heterocycles. The monoisotopic (exact) mass is 442 g/mol. The van der Waals surface area contributed by atoms with Gasteiger partial charge in [0.25, 0.3) is 0 Å². The van der Waals surface area contributed by atoms with Crippen molar-refractivity contribution in [1.82, 2.24) is 19.7 Å². The topological polar surface area (TPSA) is 90.9 Å². The van der Waals surface area contributed by atoms with Crippen LogP contribution in [0.3, 0.4) is 0 Å². The minimum absolute atomic E-state index is 0.184. The summed E-state index contributed by atoms with van der Waals surface area (Å²) >= 11 is 0. The largest absolute Gasteiger partial charge is 0.390 e. The molecule has 0 amide bonds. The fourth-order valence-corrected chi connectivity index (χ4v) is 6.30. The Morgan fingerprint density at radius 1 is 1.12 bits per heavy atom. The van der Waals surface area contributed by atoms with Crippen LogP contribution in [0.4, 0.5) is 5.82 Å². The lowest BCUT2D eigenvalue weighted by atomic mass is 9.57. The van der Waals surface area contributed by atoms with E-state index in [-0.39, 0.29) is 11.3 Å². The van der Waals surface area contributed by atoms with E-state index >= 15 is 0 Å². The highest BCUT2D eigenvalue weighted by Crippen LogP contribution is 2.68. The summed E-state index contributed by atoms with van der Waals surface area (Å²) in [7, 11) is 0. The van der Waals surface area contributed by atoms with Crippen LogP contribution in [0.25, 0.3) is 16.7 Å². The minimum Gasteiger partial charge on any atom is -0.390 e. The van der Waals surface area contributed by atoms with E-state index in [1.54, 1.807) is 6.33 Å². The van der Waals surface area contributed by atoms with Gasteiger partial charge in [0, 0.05) is 30.5 Å². The zero-order valence-corrected chi connectivity index (χ0v) is 19.5. The molecule has 1 aliphatic heterocycles. The van der Waals surface area contributed by atoms with Crippen LogP contribution in [0.5, 0.6) is 0 Å². The third-order valence-electron chi connectivity index (χ3n) is 8.35. The number of nitrogens with zero attached hydrogens (tertiary/aromatic N) is 6. The molecule has 0 radical (unpaired) electrons. The average Bonchev–Trinajstić information content (AvgIpc) is 3.26. The molecule has 1 N–H and O–H groups in total. The van der Waals surface area contributed by atoms with E-state index in [1.807, 2.05) is 30.8 Å². The first-order valence-electron chi connectivity index (χ1n) is 11.9. The number of aromatic nitrogens is 4. The maximum Gasteiger partial charge on any atom is 0.159 e. The molecule has 3 fully saturated rings. The van der Waals surface area contributed by atoms with Gasteiger partial charge in [-0.05, 0) is 62.5 Å². The lowest BCUT2D eigenvalue weighted by molar-refractivity contribution is 0.0105. The molecular formula is C26H30N6O. The van der Waals surface area contributed by atoms with E-state index in [2.05, 4.69) is 51.2 Å². The maximum absolute atomic E-state index is 10.6. The molecule has 7 nitrogen and oxygen atoms in total. The molecule has 3 aliphatic rings. The van der Waals surface area contributed by atoms with Crippen LogP contribution in [0.1, 0.15) is 52.0 Å². The molecule has 1 saturated heterocycles. The van der Waals surface area contributed by atoms with Gasteiger partial charge in [0.05, 0.1) is 28.8 Å². The Bertz CT molecular complexity index is 1270. The van der Waals surface area contributed by atoms with Gasteiger partial charge < -0.3 is 10.0 Å². The van der Waals surface area contributed by atoms with Gasteiger partial charge in [0.2, 0.25) is 0 Å². The molecule has 2 aliphatic carbocycles. The van der Waals surface area contributed by atoms with E-state index in [4.69, 9.17) is 0 Å². The van der Waals surface area contributed by atoms with Crippen LogP contribution < -0.4 is 4.90 Å². The number of nitriles is 1. The van der Waals surface area contributed by atoms with Crippen molar-refractivity contribution < 1.29 is 5.11 Å². The van der Waals surface area contributed by atoms with E-state index < -0.39 is 5.60 Å². The summed E-state index contributed by atoms with van der Waals surface area (Å²) in [5.74, 6) is 2.12. The molecule has 0 bridgehead atoms. The van der Waals surface area contributed by atoms with Crippen molar-refractivity contribution in [2.75, 3.05) is 18.0 Å². The molecule has 6 rings (SSSR count). The number of hydrogen-bond acceptors (Lipinski definition) is 6. The smallest absolute Gasteiger partial charge is 0.159 e. The number of fused-ring (bicyclic) bond motifs is 1. The Hall–Kier alpha value is -2.98. The normalized spacial score (nSPS) is 25.2. The minimum atomic E-state index is -0.726. The fraction of sp³-hybridized carbons (Fsp3) is 0.538. The number of benzene rings is 1. The quantitative estimate of drug-likeness (QED) is 0.657. The molecule has 33 heavy (non-hydrogen) atoms. The predicted octanol–water partition coefficient (Wildman–Crippen LogP) is 3.99. The van der Waals surface area contributed by atoms with Gasteiger partial charge in [-0.25, -0.2) is 14.6 Å². The molecule has 2 atom stereocenters. The van der Waals surface area contributed by atoms with E-state index in [1.165, 1.54) is 12.8 Å². The Morgan fingerprint density at radius 2 is 1.88 bits per heavy atom. The Balaban J connectivity index is 1.34. The van der Waals surface area contributed by atoms with Crippen LogP contribution >= 0.6 is 0 Å². The number of rotatable bonds is 4. The highest BCUT2D eigenvalue weighted by molar-refractivity contribution is 5.81. The van der Waals surface area contributed by atoms with Crippen molar-refractivity contribution >= 4 is 16.7 Å². The zero-order valence-electron chi connectivity index (χ0n) is 19.5. The SMILES string of the molecule is C[C@@H]1CN(c2cc(-n3ncc4ccc(C5(C#N)CC6(CC6)C5)cc43)ncn2)C[C@@H]1C(C)(C)O. The highest BCUT2D eigenvalue weighted by atomic mass is 16.3. The molecule has 1 spiro atoms. The van der Waals surface area contributed by atoms with Gasteiger partial charge in [-0.2, -0.15) is 10.4 Å². The first kappa shape index (κ1) is 20.6. The summed E-state index contributed by atoms with van der Waals surface area (Å²) in [6.45, 7) is 7.57. The van der Waals surface area contributed by atoms with E-state index in [9.17, 15) is 10.4 Å². The highest BCUT2D eigenvalue weighted by Gasteiger charge is 2.62. The second-order valence-electron chi connectivity index (χ2n) is 11.3. The van der Waals surface area contributed by atoms with Crippen LogP contribution in [0, 0.1) is 28.6 Å². The molecular weight excluding hydrogens is 412 g/mol. The number of hydrogen-bond donors (Lipinski definition) is 1. The van der Waals surface area contributed by atoms with Crippen LogP contribution in [0.2, 0.25) is 0 Å². The van der Waals surface area contributed by atoms with Gasteiger partial charge in [0.15, 0.2) is 5.82 Å². The molecule has 170 valence electrons. The first-order chi connectivity index (χ1) is 15.7. The molecule has 0 unspecified atom stereocenters. The van der Waals surface area contributed by atoms with Crippen molar-refractivity contribution in [2.45, 2.75) is 57.5 Å². The summed E-state index contributed by atoms with van der Waals surface area (Å²) in [6.07, 6.45) is 7.93. The van der Waals surface area contributed by atoms with Crippen molar-refractivity contribution in [3.05, 3.63) is 42.4 Å². The third kappa shape index (κ3) is 3.23. The molecule has 1 aromatic carbocycles. The fourth-order valence-electron chi connectivity index (χ4n) is 6.30. The lowest BCUT2D eigenvalue weighted by Crippen LogP contribution is -2.41. The van der Waals surface area contributed by atoms with Gasteiger partial charge >= 0.3 is 0 Å². The van der Waals surface area contributed by atoms with Crippen molar-refractivity contribution in [1.29, 1.82) is 5.26 Å². The van der Waals surface area contributed by atoms with Crippen molar-refractivity contribution in [3.8, 4) is 11.9 Å². The molecule has 3 aromatic rings. The first-order valence-corrected chi connectivity index (χ1v) is 11.9. The summed E-state index contributed by atoms with van der Waals surface area (Å²) < 4.78 is 1.85. The zero-order chi connectivity index (χ0) is 23.0. The van der Waals surface area contributed by atoms with Crippen molar-refractivity contribution in [3.63, 3.8) is 0 Å².